The standard InChI is InChI=1S/C13H25N3/c1-11-6-5-9-16(10-11)13(14)15-12-7-3-2-4-8-12/h11-12H,2-10H2,1H3,(H2,14,15). The summed E-state index contributed by atoms with van der Waals surface area (Å²) in [6.45, 7) is 4.51. The summed E-state index contributed by atoms with van der Waals surface area (Å²) in [7, 11) is 0. The number of hydrogen-bond acceptors (Lipinski definition) is 1. The van der Waals surface area contributed by atoms with Crippen molar-refractivity contribution in [3.05, 3.63) is 0 Å². The molecular weight excluding hydrogens is 198 g/mol. The van der Waals surface area contributed by atoms with Crippen LogP contribution in [0.2, 0.25) is 0 Å². The predicted molar refractivity (Wildman–Crippen MR) is 68.5 cm³/mol. The molecule has 0 aromatic heterocycles. The lowest BCUT2D eigenvalue weighted by atomic mass is 9.96. The summed E-state index contributed by atoms with van der Waals surface area (Å²) in [6.07, 6.45) is 9.13. The summed E-state index contributed by atoms with van der Waals surface area (Å²) < 4.78 is 0. The zero-order valence-corrected chi connectivity index (χ0v) is 10.5. The Kier molecular flexibility index (Phi) is 4.08. The first-order valence-electron chi connectivity index (χ1n) is 6.84. The number of piperidine rings is 1. The second-order valence-corrected chi connectivity index (χ2v) is 5.47. The molecule has 0 bridgehead atoms. The van der Waals surface area contributed by atoms with E-state index < -0.39 is 0 Å². The number of guanidine groups is 1. The lowest BCUT2D eigenvalue weighted by molar-refractivity contribution is 0.268. The van der Waals surface area contributed by atoms with Crippen molar-refractivity contribution in [2.45, 2.75) is 57.9 Å². The van der Waals surface area contributed by atoms with Crippen LogP contribution in [-0.4, -0.2) is 30.0 Å². The van der Waals surface area contributed by atoms with E-state index in [4.69, 9.17) is 10.7 Å². The predicted octanol–water partition coefficient (Wildman–Crippen LogP) is 2.37. The molecule has 1 saturated carbocycles. The van der Waals surface area contributed by atoms with Crippen molar-refractivity contribution in [3.63, 3.8) is 0 Å². The van der Waals surface area contributed by atoms with Crippen LogP contribution in [0, 0.1) is 5.92 Å². The molecule has 3 heteroatoms. The average Bonchev–Trinajstić information content (AvgIpc) is 2.30. The minimum absolute atomic E-state index is 0.506. The summed E-state index contributed by atoms with van der Waals surface area (Å²) in [5, 5.41) is 0. The van der Waals surface area contributed by atoms with Crippen molar-refractivity contribution in [2.75, 3.05) is 13.1 Å². The monoisotopic (exact) mass is 223 g/mol. The van der Waals surface area contributed by atoms with Crippen molar-refractivity contribution in [2.24, 2.45) is 16.6 Å². The average molecular weight is 223 g/mol. The van der Waals surface area contributed by atoms with E-state index in [0.717, 1.165) is 25.0 Å². The zero-order valence-electron chi connectivity index (χ0n) is 10.5. The molecule has 1 aliphatic heterocycles. The van der Waals surface area contributed by atoms with Crippen LogP contribution in [0.25, 0.3) is 0 Å². The molecule has 1 saturated heterocycles. The molecule has 0 spiro atoms. The third kappa shape index (κ3) is 3.13. The van der Waals surface area contributed by atoms with Crippen LogP contribution in [0.5, 0.6) is 0 Å². The summed E-state index contributed by atoms with van der Waals surface area (Å²) in [6, 6.07) is 0.506. The summed E-state index contributed by atoms with van der Waals surface area (Å²) in [5.74, 6) is 1.58. The molecule has 0 amide bonds. The number of nitrogens with zero attached hydrogens (tertiary/aromatic N) is 2. The normalized spacial score (nSPS) is 29.4. The van der Waals surface area contributed by atoms with E-state index in [2.05, 4.69) is 11.8 Å². The first-order chi connectivity index (χ1) is 7.75. The fraction of sp³-hybridized carbons (Fsp3) is 0.923. The number of likely N-dealkylation sites (tertiary alicyclic amines) is 1. The maximum Gasteiger partial charge on any atom is 0.191 e. The zero-order chi connectivity index (χ0) is 11.4. The van der Waals surface area contributed by atoms with E-state index in [9.17, 15) is 0 Å². The Balaban J connectivity index is 1.89. The van der Waals surface area contributed by atoms with E-state index in [1.54, 1.807) is 0 Å². The van der Waals surface area contributed by atoms with Gasteiger partial charge in [0.05, 0.1) is 6.04 Å². The number of nitrogens with two attached hydrogens (primary N) is 1. The molecule has 1 unspecified atom stereocenters. The highest BCUT2D eigenvalue weighted by molar-refractivity contribution is 5.78. The Morgan fingerprint density at radius 2 is 1.88 bits per heavy atom. The minimum atomic E-state index is 0.506. The number of hydrogen-bond donors (Lipinski definition) is 1. The minimum Gasteiger partial charge on any atom is -0.370 e. The van der Waals surface area contributed by atoms with Crippen LogP contribution >= 0.6 is 0 Å². The van der Waals surface area contributed by atoms with Crippen LogP contribution < -0.4 is 5.73 Å². The van der Waals surface area contributed by atoms with Gasteiger partial charge < -0.3 is 10.6 Å². The van der Waals surface area contributed by atoms with Crippen LogP contribution in [0.15, 0.2) is 4.99 Å². The van der Waals surface area contributed by atoms with Crippen molar-refractivity contribution in [1.82, 2.24) is 4.90 Å². The van der Waals surface area contributed by atoms with Crippen molar-refractivity contribution >= 4 is 5.96 Å². The molecule has 92 valence electrons. The highest BCUT2D eigenvalue weighted by atomic mass is 15.3. The Labute approximate surface area is 99.1 Å². The van der Waals surface area contributed by atoms with Gasteiger partial charge in [0.15, 0.2) is 5.96 Å². The second kappa shape index (κ2) is 5.55. The van der Waals surface area contributed by atoms with Crippen molar-refractivity contribution < 1.29 is 0 Å². The SMILES string of the molecule is CC1CCCN(C(N)=NC2CCCCC2)C1. The molecule has 16 heavy (non-hydrogen) atoms. The summed E-state index contributed by atoms with van der Waals surface area (Å²) in [4.78, 5) is 6.99. The highest BCUT2D eigenvalue weighted by Gasteiger charge is 2.19. The van der Waals surface area contributed by atoms with Gasteiger partial charge in [-0.3, -0.25) is 0 Å². The fourth-order valence-corrected chi connectivity index (χ4v) is 2.88. The van der Waals surface area contributed by atoms with Gasteiger partial charge in [-0.25, -0.2) is 4.99 Å². The van der Waals surface area contributed by atoms with Gasteiger partial charge in [-0.15, -0.1) is 0 Å². The first kappa shape index (κ1) is 11.7. The van der Waals surface area contributed by atoms with Gasteiger partial charge in [-0.2, -0.15) is 0 Å². The van der Waals surface area contributed by atoms with E-state index in [1.165, 1.54) is 44.9 Å². The van der Waals surface area contributed by atoms with Gasteiger partial charge in [0, 0.05) is 13.1 Å². The van der Waals surface area contributed by atoms with Crippen LogP contribution in [0.1, 0.15) is 51.9 Å². The van der Waals surface area contributed by atoms with E-state index >= 15 is 0 Å². The highest BCUT2D eigenvalue weighted by Crippen LogP contribution is 2.21. The van der Waals surface area contributed by atoms with Crippen LogP contribution in [-0.2, 0) is 0 Å². The molecule has 1 heterocycles. The molecule has 1 atom stereocenters. The quantitative estimate of drug-likeness (QED) is 0.548. The molecule has 2 aliphatic rings. The lowest BCUT2D eigenvalue weighted by Crippen LogP contribution is -2.44. The van der Waals surface area contributed by atoms with Crippen molar-refractivity contribution in [3.8, 4) is 0 Å². The molecule has 0 aromatic rings. The third-order valence-electron chi connectivity index (χ3n) is 3.87. The number of rotatable bonds is 1. The Bertz CT molecular complexity index is 244. The fourth-order valence-electron chi connectivity index (χ4n) is 2.88. The maximum absolute atomic E-state index is 6.12. The first-order valence-corrected chi connectivity index (χ1v) is 6.84. The second-order valence-electron chi connectivity index (χ2n) is 5.47. The smallest absolute Gasteiger partial charge is 0.191 e. The molecule has 1 aliphatic carbocycles. The van der Waals surface area contributed by atoms with Gasteiger partial charge in [0.1, 0.15) is 0 Å². The molecule has 2 fully saturated rings. The molecular formula is C13H25N3. The summed E-state index contributed by atoms with van der Waals surface area (Å²) >= 11 is 0. The largest absolute Gasteiger partial charge is 0.370 e. The van der Waals surface area contributed by atoms with E-state index in [1.807, 2.05) is 0 Å². The molecule has 3 nitrogen and oxygen atoms in total. The molecule has 0 radical (unpaired) electrons. The lowest BCUT2D eigenvalue weighted by Gasteiger charge is -2.32. The van der Waals surface area contributed by atoms with Gasteiger partial charge in [-0.05, 0) is 31.6 Å². The Morgan fingerprint density at radius 3 is 2.56 bits per heavy atom. The Hall–Kier alpha value is -0.730. The maximum atomic E-state index is 6.12. The van der Waals surface area contributed by atoms with Crippen LogP contribution in [0.3, 0.4) is 0 Å². The van der Waals surface area contributed by atoms with Crippen LogP contribution in [0.4, 0.5) is 0 Å². The van der Waals surface area contributed by atoms with Gasteiger partial charge >= 0.3 is 0 Å². The van der Waals surface area contributed by atoms with Gasteiger partial charge in [-0.1, -0.05) is 26.2 Å². The third-order valence-corrected chi connectivity index (χ3v) is 3.87. The topological polar surface area (TPSA) is 41.6 Å². The van der Waals surface area contributed by atoms with E-state index in [-0.39, 0.29) is 0 Å². The molecule has 2 rings (SSSR count). The van der Waals surface area contributed by atoms with Crippen molar-refractivity contribution in [1.29, 1.82) is 0 Å². The van der Waals surface area contributed by atoms with E-state index in [0.29, 0.717) is 6.04 Å². The Morgan fingerprint density at radius 1 is 1.12 bits per heavy atom. The summed E-state index contributed by atoms with van der Waals surface area (Å²) in [5.41, 5.74) is 6.12. The molecule has 2 N–H and O–H groups in total. The number of aliphatic imine (C=N–C) groups is 1. The van der Waals surface area contributed by atoms with Gasteiger partial charge in [0.2, 0.25) is 0 Å². The van der Waals surface area contributed by atoms with Gasteiger partial charge in [0.25, 0.3) is 0 Å². The molecule has 0 aromatic carbocycles.